The maximum absolute atomic E-state index is 11.3. The standard InChI is InChI=1S/C14H20O2/c1-11(9-12(2)14(15)16-3)10-13-7-5-4-6-8-13/h4-8,11-12H,9-10H2,1-3H3/t11-,12+/m1/s1. The molecule has 0 N–H and O–H groups in total. The quantitative estimate of drug-likeness (QED) is 0.713. The van der Waals surface area contributed by atoms with Crippen molar-refractivity contribution in [2.45, 2.75) is 26.7 Å². The summed E-state index contributed by atoms with van der Waals surface area (Å²) in [5, 5.41) is 0. The van der Waals surface area contributed by atoms with E-state index < -0.39 is 0 Å². The minimum Gasteiger partial charge on any atom is -0.469 e. The smallest absolute Gasteiger partial charge is 0.308 e. The lowest BCUT2D eigenvalue weighted by atomic mass is 9.92. The van der Waals surface area contributed by atoms with Crippen LogP contribution in [0.1, 0.15) is 25.8 Å². The third-order valence-electron chi connectivity index (χ3n) is 2.79. The van der Waals surface area contributed by atoms with Gasteiger partial charge in [-0.25, -0.2) is 0 Å². The third kappa shape index (κ3) is 4.05. The van der Waals surface area contributed by atoms with Crippen LogP contribution in [0.15, 0.2) is 30.3 Å². The average Bonchev–Trinajstić information content (AvgIpc) is 2.29. The lowest BCUT2D eigenvalue weighted by Crippen LogP contribution is -2.16. The highest BCUT2D eigenvalue weighted by Gasteiger charge is 2.16. The molecule has 1 aromatic carbocycles. The van der Waals surface area contributed by atoms with Crippen LogP contribution in [-0.4, -0.2) is 13.1 Å². The molecule has 0 fully saturated rings. The normalized spacial score (nSPS) is 14.2. The number of ether oxygens (including phenoxy) is 1. The number of rotatable bonds is 5. The molecular formula is C14H20O2. The zero-order valence-corrected chi connectivity index (χ0v) is 10.3. The van der Waals surface area contributed by atoms with Gasteiger partial charge in [0.2, 0.25) is 0 Å². The Hall–Kier alpha value is -1.31. The van der Waals surface area contributed by atoms with Gasteiger partial charge in [0.1, 0.15) is 0 Å². The molecule has 0 spiro atoms. The highest BCUT2D eigenvalue weighted by atomic mass is 16.5. The summed E-state index contributed by atoms with van der Waals surface area (Å²) in [6, 6.07) is 10.4. The fraction of sp³-hybridized carbons (Fsp3) is 0.500. The zero-order chi connectivity index (χ0) is 12.0. The second-order valence-corrected chi connectivity index (χ2v) is 4.45. The summed E-state index contributed by atoms with van der Waals surface area (Å²) in [5.74, 6) is 0.375. The van der Waals surface area contributed by atoms with Crippen LogP contribution in [0, 0.1) is 11.8 Å². The first-order valence-electron chi connectivity index (χ1n) is 5.75. The Morgan fingerprint density at radius 2 is 1.88 bits per heavy atom. The summed E-state index contributed by atoms with van der Waals surface area (Å²) in [7, 11) is 1.45. The number of hydrogen-bond acceptors (Lipinski definition) is 2. The van der Waals surface area contributed by atoms with Crippen LogP contribution in [0.2, 0.25) is 0 Å². The van der Waals surface area contributed by atoms with E-state index >= 15 is 0 Å². The zero-order valence-electron chi connectivity index (χ0n) is 10.3. The van der Waals surface area contributed by atoms with Crippen molar-refractivity contribution in [3.8, 4) is 0 Å². The van der Waals surface area contributed by atoms with Crippen LogP contribution < -0.4 is 0 Å². The minimum absolute atomic E-state index is 0.0105. The molecule has 0 saturated heterocycles. The maximum atomic E-state index is 11.3. The fourth-order valence-corrected chi connectivity index (χ4v) is 2.00. The molecule has 2 atom stereocenters. The number of benzene rings is 1. The topological polar surface area (TPSA) is 26.3 Å². The molecule has 16 heavy (non-hydrogen) atoms. The van der Waals surface area contributed by atoms with Gasteiger partial charge >= 0.3 is 5.97 Å². The van der Waals surface area contributed by atoms with Crippen molar-refractivity contribution in [3.63, 3.8) is 0 Å². The van der Waals surface area contributed by atoms with E-state index in [-0.39, 0.29) is 11.9 Å². The summed E-state index contributed by atoms with van der Waals surface area (Å²) in [5.41, 5.74) is 1.33. The number of hydrogen-bond donors (Lipinski definition) is 0. The lowest BCUT2D eigenvalue weighted by Gasteiger charge is -2.15. The van der Waals surface area contributed by atoms with E-state index in [1.54, 1.807) is 0 Å². The van der Waals surface area contributed by atoms with Crippen LogP contribution in [0.5, 0.6) is 0 Å². The molecule has 0 unspecified atom stereocenters. The maximum Gasteiger partial charge on any atom is 0.308 e. The Morgan fingerprint density at radius 3 is 2.44 bits per heavy atom. The second-order valence-electron chi connectivity index (χ2n) is 4.45. The van der Waals surface area contributed by atoms with Crippen molar-refractivity contribution < 1.29 is 9.53 Å². The van der Waals surface area contributed by atoms with Crippen LogP contribution in [0.25, 0.3) is 0 Å². The van der Waals surface area contributed by atoms with Crippen molar-refractivity contribution in [3.05, 3.63) is 35.9 Å². The Balaban J connectivity index is 2.42. The average molecular weight is 220 g/mol. The largest absolute Gasteiger partial charge is 0.469 e. The molecule has 0 saturated carbocycles. The third-order valence-corrected chi connectivity index (χ3v) is 2.79. The van der Waals surface area contributed by atoms with Gasteiger partial charge in [-0.2, -0.15) is 0 Å². The summed E-state index contributed by atoms with van der Waals surface area (Å²) in [4.78, 5) is 11.3. The van der Waals surface area contributed by atoms with Crippen LogP contribution in [0.4, 0.5) is 0 Å². The summed E-state index contributed by atoms with van der Waals surface area (Å²) < 4.78 is 4.72. The first kappa shape index (κ1) is 12.8. The van der Waals surface area contributed by atoms with Gasteiger partial charge in [0, 0.05) is 0 Å². The summed E-state index contributed by atoms with van der Waals surface area (Å²) in [6.45, 7) is 4.10. The molecule has 0 aliphatic heterocycles. The Morgan fingerprint density at radius 1 is 1.25 bits per heavy atom. The molecule has 0 aliphatic carbocycles. The molecule has 88 valence electrons. The van der Waals surface area contributed by atoms with E-state index in [4.69, 9.17) is 4.74 Å². The molecule has 0 bridgehead atoms. The van der Waals surface area contributed by atoms with Gasteiger partial charge in [-0.15, -0.1) is 0 Å². The van der Waals surface area contributed by atoms with Gasteiger partial charge in [-0.05, 0) is 24.3 Å². The molecule has 0 heterocycles. The van der Waals surface area contributed by atoms with Crippen molar-refractivity contribution in [2.24, 2.45) is 11.8 Å². The van der Waals surface area contributed by atoms with E-state index in [0.717, 1.165) is 12.8 Å². The number of carbonyl (C=O) groups excluding carboxylic acids is 1. The molecule has 1 aromatic rings. The molecular weight excluding hydrogens is 200 g/mol. The molecule has 0 aromatic heterocycles. The van der Waals surface area contributed by atoms with E-state index in [1.165, 1.54) is 12.7 Å². The van der Waals surface area contributed by atoms with Gasteiger partial charge in [-0.1, -0.05) is 44.2 Å². The van der Waals surface area contributed by atoms with Crippen LogP contribution in [0.3, 0.4) is 0 Å². The molecule has 2 heteroatoms. The van der Waals surface area contributed by atoms with Crippen molar-refractivity contribution >= 4 is 5.97 Å². The van der Waals surface area contributed by atoms with Crippen molar-refractivity contribution in [1.82, 2.24) is 0 Å². The van der Waals surface area contributed by atoms with Crippen molar-refractivity contribution in [2.75, 3.05) is 7.11 Å². The molecule has 1 rings (SSSR count). The molecule has 0 radical (unpaired) electrons. The van der Waals surface area contributed by atoms with Crippen LogP contribution >= 0.6 is 0 Å². The first-order chi connectivity index (χ1) is 7.63. The second kappa shape index (κ2) is 6.31. The summed E-state index contributed by atoms with van der Waals surface area (Å²) >= 11 is 0. The van der Waals surface area contributed by atoms with Crippen molar-refractivity contribution in [1.29, 1.82) is 0 Å². The number of carbonyl (C=O) groups is 1. The van der Waals surface area contributed by atoms with Gasteiger partial charge in [0.05, 0.1) is 13.0 Å². The van der Waals surface area contributed by atoms with Crippen LogP contribution in [-0.2, 0) is 16.0 Å². The Kier molecular flexibility index (Phi) is 5.03. The highest BCUT2D eigenvalue weighted by molar-refractivity contribution is 5.71. The van der Waals surface area contributed by atoms with Gasteiger partial charge < -0.3 is 4.74 Å². The lowest BCUT2D eigenvalue weighted by molar-refractivity contribution is -0.145. The first-order valence-corrected chi connectivity index (χ1v) is 5.75. The monoisotopic (exact) mass is 220 g/mol. The van der Waals surface area contributed by atoms with E-state index in [1.807, 2.05) is 25.1 Å². The predicted molar refractivity (Wildman–Crippen MR) is 65.1 cm³/mol. The van der Waals surface area contributed by atoms with Gasteiger partial charge in [0.15, 0.2) is 0 Å². The van der Waals surface area contributed by atoms with Gasteiger partial charge in [0.25, 0.3) is 0 Å². The molecule has 0 amide bonds. The van der Waals surface area contributed by atoms with E-state index in [0.29, 0.717) is 5.92 Å². The van der Waals surface area contributed by atoms with E-state index in [2.05, 4.69) is 19.1 Å². The minimum atomic E-state index is -0.111. The van der Waals surface area contributed by atoms with Gasteiger partial charge in [-0.3, -0.25) is 4.79 Å². The molecule has 2 nitrogen and oxygen atoms in total. The Labute approximate surface area is 97.6 Å². The van der Waals surface area contributed by atoms with E-state index in [9.17, 15) is 4.79 Å². The number of methoxy groups -OCH3 is 1. The fourth-order valence-electron chi connectivity index (χ4n) is 2.00. The number of esters is 1. The molecule has 0 aliphatic rings. The highest BCUT2D eigenvalue weighted by Crippen LogP contribution is 2.17. The predicted octanol–water partition coefficient (Wildman–Crippen LogP) is 3.06. The summed E-state index contributed by atoms with van der Waals surface area (Å²) in [6.07, 6.45) is 1.89. The Bertz CT molecular complexity index is 319. The SMILES string of the molecule is COC(=O)[C@@H](C)C[C@@H](C)Cc1ccccc1.